The fourth-order valence-electron chi connectivity index (χ4n) is 5.81. The van der Waals surface area contributed by atoms with Gasteiger partial charge in [-0.15, -0.1) is 11.3 Å². The van der Waals surface area contributed by atoms with E-state index in [0.29, 0.717) is 0 Å². The highest BCUT2D eigenvalue weighted by Gasteiger charge is 2.18. The van der Waals surface area contributed by atoms with Gasteiger partial charge in [-0.25, -0.2) is 0 Å². The summed E-state index contributed by atoms with van der Waals surface area (Å²) in [6, 6.07) is 54.3. The molecule has 42 heavy (non-hydrogen) atoms. The molecule has 0 aliphatic rings. The van der Waals surface area contributed by atoms with Crippen LogP contribution in [0.5, 0.6) is 0 Å². The molecule has 2 heterocycles. The monoisotopic (exact) mass is 554 g/mol. The van der Waals surface area contributed by atoms with Gasteiger partial charge in [0.25, 0.3) is 0 Å². The predicted octanol–water partition coefficient (Wildman–Crippen LogP) is 11.4. The molecule has 0 radical (unpaired) electrons. The van der Waals surface area contributed by atoms with E-state index in [1.165, 1.54) is 47.8 Å². The first-order chi connectivity index (χ1) is 20.8. The molecule has 2 nitrogen and oxygen atoms in total. The Morgan fingerprint density at radius 1 is 0.476 bits per heavy atom. The minimum absolute atomic E-state index is 1.06. The van der Waals surface area contributed by atoms with E-state index >= 15 is 0 Å². The van der Waals surface area contributed by atoms with Gasteiger partial charge < -0.3 is 4.90 Å². The van der Waals surface area contributed by atoms with Crippen molar-refractivity contribution >= 4 is 59.5 Å². The molecule has 2 aromatic heterocycles. The molecule has 0 aliphatic carbocycles. The Kier molecular flexibility index (Phi) is 6.02. The van der Waals surface area contributed by atoms with Crippen LogP contribution in [0.15, 0.2) is 158 Å². The molecule has 3 heteroatoms. The van der Waals surface area contributed by atoms with E-state index in [9.17, 15) is 0 Å². The Hall–Kier alpha value is -5.25. The zero-order valence-corrected chi connectivity index (χ0v) is 23.6. The summed E-state index contributed by atoms with van der Waals surface area (Å²) in [6.45, 7) is 0. The Morgan fingerprint density at radius 2 is 1.12 bits per heavy atom. The van der Waals surface area contributed by atoms with Crippen LogP contribution in [0.3, 0.4) is 0 Å². The van der Waals surface area contributed by atoms with Crippen LogP contribution in [-0.4, -0.2) is 4.98 Å². The van der Waals surface area contributed by atoms with E-state index in [4.69, 9.17) is 4.98 Å². The lowest BCUT2D eigenvalue weighted by atomic mass is 10.0. The first kappa shape index (κ1) is 24.5. The minimum atomic E-state index is 1.06. The highest BCUT2D eigenvalue weighted by atomic mass is 32.1. The molecule has 0 saturated heterocycles. The van der Waals surface area contributed by atoms with Crippen LogP contribution in [0, 0.1) is 0 Å². The van der Waals surface area contributed by atoms with Crippen molar-refractivity contribution in [2.24, 2.45) is 0 Å². The standard InChI is InChI=1S/C39H26N2S/c1-2-8-27(9-3-1)29-17-21-33(22-18-29)41(36-13-6-12-35-38-37(42-39(35)36)14-7-25-40-38)34-23-19-30(20-24-34)32-16-15-28-10-4-5-11-31(28)26-32/h1-26H. The van der Waals surface area contributed by atoms with Gasteiger partial charge in [0.05, 0.1) is 20.6 Å². The molecular weight excluding hydrogens is 529 g/mol. The summed E-state index contributed by atoms with van der Waals surface area (Å²) < 4.78 is 2.43. The van der Waals surface area contributed by atoms with Gasteiger partial charge in [0.1, 0.15) is 0 Å². The first-order valence-electron chi connectivity index (χ1n) is 14.1. The van der Waals surface area contributed by atoms with E-state index < -0.39 is 0 Å². The molecule has 0 unspecified atom stereocenters. The number of hydrogen-bond donors (Lipinski definition) is 0. The zero-order chi connectivity index (χ0) is 27.9. The Bertz CT molecular complexity index is 2180. The van der Waals surface area contributed by atoms with E-state index in [0.717, 1.165) is 22.6 Å². The lowest BCUT2D eigenvalue weighted by Crippen LogP contribution is -2.10. The number of anilines is 3. The van der Waals surface area contributed by atoms with Crippen molar-refractivity contribution in [1.82, 2.24) is 4.98 Å². The molecule has 0 amide bonds. The van der Waals surface area contributed by atoms with Crippen LogP contribution >= 0.6 is 11.3 Å². The molecule has 0 spiro atoms. The lowest BCUT2D eigenvalue weighted by Gasteiger charge is -2.26. The van der Waals surface area contributed by atoms with Gasteiger partial charge in [0.15, 0.2) is 0 Å². The van der Waals surface area contributed by atoms with Crippen LogP contribution in [0.1, 0.15) is 0 Å². The average molecular weight is 555 g/mol. The molecule has 6 aromatic carbocycles. The van der Waals surface area contributed by atoms with Gasteiger partial charge in [-0.3, -0.25) is 4.98 Å². The summed E-state index contributed by atoms with van der Waals surface area (Å²) >= 11 is 1.80. The fourth-order valence-corrected chi connectivity index (χ4v) is 6.98. The van der Waals surface area contributed by atoms with Gasteiger partial charge in [-0.2, -0.15) is 0 Å². The Morgan fingerprint density at radius 3 is 1.88 bits per heavy atom. The molecule has 8 rings (SSSR count). The van der Waals surface area contributed by atoms with E-state index in [1.807, 2.05) is 12.3 Å². The van der Waals surface area contributed by atoms with Gasteiger partial charge >= 0.3 is 0 Å². The van der Waals surface area contributed by atoms with E-state index in [2.05, 4.69) is 150 Å². The molecule has 0 aliphatic heterocycles. The number of hydrogen-bond acceptors (Lipinski definition) is 3. The number of fused-ring (bicyclic) bond motifs is 4. The summed E-state index contributed by atoms with van der Waals surface area (Å²) in [5.41, 5.74) is 9.29. The number of benzene rings is 6. The Labute approximate surface area is 248 Å². The van der Waals surface area contributed by atoms with Crippen molar-refractivity contribution in [1.29, 1.82) is 0 Å². The maximum atomic E-state index is 4.72. The van der Waals surface area contributed by atoms with Crippen molar-refractivity contribution in [2.45, 2.75) is 0 Å². The van der Waals surface area contributed by atoms with Gasteiger partial charge in [-0.1, -0.05) is 103 Å². The topological polar surface area (TPSA) is 16.1 Å². The Balaban J connectivity index is 1.26. The number of nitrogens with zero attached hydrogens (tertiary/aromatic N) is 2. The summed E-state index contributed by atoms with van der Waals surface area (Å²) in [5.74, 6) is 0. The second-order valence-corrected chi connectivity index (χ2v) is 11.5. The number of pyridine rings is 1. The maximum Gasteiger partial charge on any atom is 0.0889 e. The van der Waals surface area contributed by atoms with Crippen molar-refractivity contribution < 1.29 is 0 Å². The van der Waals surface area contributed by atoms with Crippen LogP contribution < -0.4 is 4.90 Å². The number of thiophene rings is 1. The van der Waals surface area contributed by atoms with Crippen LogP contribution in [0.4, 0.5) is 17.1 Å². The lowest BCUT2D eigenvalue weighted by molar-refractivity contribution is 1.30. The number of aromatic nitrogens is 1. The molecule has 0 bridgehead atoms. The third-order valence-electron chi connectivity index (χ3n) is 7.91. The van der Waals surface area contributed by atoms with Crippen molar-refractivity contribution in [2.75, 3.05) is 4.90 Å². The van der Waals surface area contributed by atoms with Gasteiger partial charge in [-0.05, 0) is 81.6 Å². The molecular formula is C39H26N2S. The molecule has 198 valence electrons. The zero-order valence-electron chi connectivity index (χ0n) is 22.8. The van der Waals surface area contributed by atoms with Crippen molar-refractivity contribution in [3.63, 3.8) is 0 Å². The molecule has 8 aromatic rings. The van der Waals surface area contributed by atoms with Gasteiger partial charge in [0, 0.05) is 23.0 Å². The average Bonchev–Trinajstić information content (AvgIpc) is 3.45. The molecule has 0 atom stereocenters. The number of rotatable bonds is 5. The fraction of sp³-hybridized carbons (Fsp3) is 0. The SMILES string of the molecule is c1ccc(-c2ccc(N(c3ccc(-c4ccc5ccccc5c4)cc3)c3cccc4c3sc3cccnc34)cc2)cc1. The van der Waals surface area contributed by atoms with E-state index in [-0.39, 0.29) is 0 Å². The van der Waals surface area contributed by atoms with Gasteiger partial charge in [0.2, 0.25) is 0 Å². The largest absolute Gasteiger partial charge is 0.309 e. The van der Waals surface area contributed by atoms with Crippen LogP contribution in [0.2, 0.25) is 0 Å². The quantitative estimate of drug-likeness (QED) is 0.210. The molecule has 0 fully saturated rings. The molecule has 0 saturated carbocycles. The highest BCUT2D eigenvalue weighted by Crippen LogP contribution is 2.44. The normalized spacial score (nSPS) is 11.3. The predicted molar refractivity (Wildman–Crippen MR) is 180 cm³/mol. The van der Waals surface area contributed by atoms with Crippen molar-refractivity contribution in [3.8, 4) is 22.3 Å². The third kappa shape index (κ3) is 4.32. The summed E-state index contributed by atoms with van der Waals surface area (Å²) in [4.78, 5) is 7.09. The van der Waals surface area contributed by atoms with Crippen LogP contribution in [0.25, 0.3) is 53.3 Å². The third-order valence-corrected chi connectivity index (χ3v) is 9.10. The maximum absolute atomic E-state index is 4.72. The minimum Gasteiger partial charge on any atom is -0.309 e. The summed E-state index contributed by atoms with van der Waals surface area (Å²) in [5, 5.41) is 3.70. The smallest absolute Gasteiger partial charge is 0.0889 e. The second-order valence-electron chi connectivity index (χ2n) is 10.5. The van der Waals surface area contributed by atoms with Crippen LogP contribution in [-0.2, 0) is 0 Å². The summed E-state index contributed by atoms with van der Waals surface area (Å²) in [6.07, 6.45) is 1.88. The molecule has 0 N–H and O–H groups in total. The first-order valence-corrected chi connectivity index (χ1v) is 14.9. The van der Waals surface area contributed by atoms with Crippen molar-refractivity contribution in [3.05, 3.63) is 158 Å². The summed E-state index contributed by atoms with van der Waals surface area (Å²) in [7, 11) is 0. The second kappa shape index (κ2) is 10.3. The highest BCUT2D eigenvalue weighted by molar-refractivity contribution is 7.26. The van der Waals surface area contributed by atoms with E-state index in [1.54, 1.807) is 11.3 Å².